The third kappa shape index (κ3) is 4.73. The molecular weight excluding hydrogens is 487 g/mol. The van der Waals surface area contributed by atoms with Crippen LogP contribution in [0.2, 0.25) is 0 Å². The summed E-state index contributed by atoms with van der Waals surface area (Å²) >= 11 is 0. The van der Waals surface area contributed by atoms with E-state index in [0.29, 0.717) is 35.4 Å². The van der Waals surface area contributed by atoms with Gasteiger partial charge < -0.3 is 16.0 Å². The normalized spacial score (nSPS) is 15.9. The molecule has 5 rings (SSSR count). The van der Waals surface area contributed by atoms with Gasteiger partial charge in [-0.3, -0.25) is 4.79 Å². The van der Waals surface area contributed by atoms with Crippen molar-refractivity contribution in [3.63, 3.8) is 0 Å². The number of hydrogen-bond acceptors (Lipinski definition) is 8. The Morgan fingerprint density at radius 2 is 1.95 bits per heavy atom. The molecule has 3 N–H and O–H groups in total. The second-order valence-corrected chi connectivity index (χ2v) is 8.55. The predicted molar refractivity (Wildman–Crippen MR) is 128 cm³/mol. The minimum atomic E-state index is -4.55. The van der Waals surface area contributed by atoms with Gasteiger partial charge in [0, 0.05) is 23.9 Å². The number of alkyl halides is 3. The van der Waals surface area contributed by atoms with Crippen LogP contribution in [0.1, 0.15) is 34.8 Å². The van der Waals surface area contributed by atoms with Crippen LogP contribution in [0.5, 0.6) is 0 Å². The summed E-state index contributed by atoms with van der Waals surface area (Å²) in [4.78, 5) is 26.6. The number of likely N-dealkylation sites (tertiary alicyclic amines) is 1. The summed E-state index contributed by atoms with van der Waals surface area (Å²) in [5.74, 6) is -0.579. The number of nitriles is 1. The minimum absolute atomic E-state index is 0.0797. The summed E-state index contributed by atoms with van der Waals surface area (Å²) in [5.41, 5.74) is 7.20. The van der Waals surface area contributed by atoms with Crippen LogP contribution in [0.25, 0.3) is 22.3 Å². The molecule has 3 aromatic heterocycles. The smallest absolute Gasteiger partial charge is 0.383 e. The van der Waals surface area contributed by atoms with Gasteiger partial charge in [0.05, 0.1) is 23.5 Å². The fraction of sp³-hybridized carbons (Fsp3) is 0.250. The lowest BCUT2D eigenvalue weighted by Gasteiger charge is -2.28. The number of nitrogens with zero attached hydrogens (tertiary/aromatic N) is 7. The summed E-state index contributed by atoms with van der Waals surface area (Å²) in [6.45, 7) is 1.19. The molecule has 0 spiro atoms. The largest absolute Gasteiger partial charge is 0.416 e. The molecule has 13 heteroatoms. The average Bonchev–Trinajstić information content (AvgIpc) is 3.29. The zero-order valence-corrected chi connectivity index (χ0v) is 19.3. The van der Waals surface area contributed by atoms with Crippen molar-refractivity contribution in [1.29, 1.82) is 5.26 Å². The number of nitrogen functional groups attached to an aromatic ring is 1. The molecule has 10 nitrogen and oxygen atoms in total. The van der Waals surface area contributed by atoms with Crippen molar-refractivity contribution < 1.29 is 18.0 Å². The number of nitrogens with two attached hydrogens (primary N) is 1. The maximum absolute atomic E-state index is 12.9. The molecule has 0 aliphatic carbocycles. The van der Waals surface area contributed by atoms with Crippen LogP contribution in [-0.2, 0) is 6.18 Å². The number of aromatic nitrogens is 5. The van der Waals surface area contributed by atoms with E-state index in [1.54, 1.807) is 21.7 Å². The van der Waals surface area contributed by atoms with Crippen LogP contribution < -0.4 is 11.1 Å². The van der Waals surface area contributed by atoms with Gasteiger partial charge in [0.15, 0.2) is 11.8 Å². The van der Waals surface area contributed by atoms with E-state index in [4.69, 9.17) is 10.8 Å². The van der Waals surface area contributed by atoms with Gasteiger partial charge in [-0.05, 0) is 37.1 Å². The zero-order valence-electron chi connectivity index (χ0n) is 19.3. The Balaban J connectivity index is 1.43. The molecule has 4 aromatic rings. The van der Waals surface area contributed by atoms with Crippen LogP contribution in [0.3, 0.4) is 0 Å². The van der Waals surface area contributed by atoms with E-state index in [9.17, 15) is 23.2 Å². The number of rotatable bonds is 4. The first-order chi connectivity index (χ1) is 17.7. The topological polar surface area (TPSA) is 139 Å². The molecule has 0 saturated carbocycles. The van der Waals surface area contributed by atoms with Gasteiger partial charge in [-0.25, -0.2) is 19.6 Å². The van der Waals surface area contributed by atoms with E-state index in [1.807, 2.05) is 0 Å². The number of benzene rings is 1. The molecule has 188 valence electrons. The average molecular weight is 507 g/mol. The van der Waals surface area contributed by atoms with E-state index >= 15 is 0 Å². The van der Waals surface area contributed by atoms with E-state index in [2.05, 4.69) is 26.5 Å². The molecule has 0 bridgehead atoms. The van der Waals surface area contributed by atoms with Crippen molar-refractivity contribution in [2.24, 2.45) is 0 Å². The third-order valence-electron chi connectivity index (χ3n) is 6.15. The van der Waals surface area contributed by atoms with Gasteiger partial charge in [0.2, 0.25) is 0 Å². The first kappa shape index (κ1) is 24.0. The molecule has 1 aromatic carbocycles. The van der Waals surface area contributed by atoms with Crippen molar-refractivity contribution in [3.05, 3.63) is 60.0 Å². The summed E-state index contributed by atoms with van der Waals surface area (Å²) in [6.07, 6.45) is 1.63. The fourth-order valence-corrected chi connectivity index (χ4v) is 4.34. The first-order valence-electron chi connectivity index (χ1n) is 11.3. The lowest BCUT2D eigenvalue weighted by Crippen LogP contribution is -2.33. The molecule has 1 aliphatic heterocycles. The monoisotopic (exact) mass is 507 g/mol. The lowest BCUT2D eigenvalue weighted by atomic mass is 10.1. The Morgan fingerprint density at radius 1 is 1.16 bits per heavy atom. The van der Waals surface area contributed by atoms with Crippen molar-refractivity contribution in [2.75, 3.05) is 24.1 Å². The Bertz CT molecular complexity index is 1510. The molecule has 0 radical (unpaired) electrons. The number of fused-ring (bicyclic) bond motifs is 1. The van der Waals surface area contributed by atoms with Crippen molar-refractivity contribution in [3.8, 4) is 17.5 Å². The highest BCUT2D eigenvalue weighted by Crippen LogP contribution is 2.34. The van der Waals surface area contributed by atoms with Gasteiger partial charge >= 0.3 is 6.18 Å². The SMILES string of the molecule is N#CN1CCC[C@@H](n2nc(-c3ccc(C(=O)Nc4cc(C(F)(F)F)ccn4)cc3)c3c(N)ncnc32)C1. The minimum Gasteiger partial charge on any atom is -0.383 e. The van der Waals surface area contributed by atoms with Gasteiger partial charge in [0.25, 0.3) is 5.91 Å². The summed E-state index contributed by atoms with van der Waals surface area (Å²) in [6, 6.07) is 7.90. The van der Waals surface area contributed by atoms with Crippen molar-refractivity contribution in [1.82, 2.24) is 29.6 Å². The van der Waals surface area contributed by atoms with Crippen LogP contribution in [0, 0.1) is 11.5 Å². The van der Waals surface area contributed by atoms with E-state index < -0.39 is 17.6 Å². The summed E-state index contributed by atoms with van der Waals surface area (Å²) < 4.78 is 40.6. The highest BCUT2D eigenvalue weighted by Gasteiger charge is 2.31. The number of carbonyl (C=O) groups excluding carboxylic acids is 1. The second-order valence-electron chi connectivity index (χ2n) is 8.55. The molecule has 4 heterocycles. The highest BCUT2D eigenvalue weighted by molar-refractivity contribution is 6.04. The fourth-order valence-electron chi connectivity index (χ4n) is 4.34. The zero-order chi connectivity index (χ0) is 26.2. The first-order valence-corrected chi connectivity index (χ1v) is 11.3. The Hall–Kier alpha value is -4.73. The van der Waals surface area contributed by atoms with E-state index in [-0.39, 0.29) is 23.2 Å². The molecule has 1 atom stereocenters. The van der Waals surface area contributed by atoms with Crippen LogP contribution in [0.15, 0.2) is 48.9 Å². The molecular formula is C24H20F3N9O. The number of amides is 1. The number of hydrogen-bond donors (Lipinski definition) is 2. The second kappa shape index (κ2) is 9.38. The molecule has 37 heavy (non-hydrogen) atoms. The molecule has 1 saturated heterocycles. The number of nitrogens with one attached hydrogen (secondary N) is 1. The predicted octanol–water partition coefficient (Wildman–Crippen LogP) is 3.86. The van der Waals surface area contributed by atoms with Crippen LogP contribution in [0.4, 0.5) is 24.8 Å². The number of anilines is 2. The summed E-state index contributed by atoms with van der Waals surface area (Å²) in [5, 5.41) is 17.0. The van der Waals surface area contributed by atoms with Crippen molar-refractivity contribution >= 4 is 28.6 Å². The standard InChI is InChI=1S/C24H20F3N9O/c25-24(26,27)16-7-8-30-18(10-16)33-23(37)15-5-3-14(4-6-15)20-19-21(29)31-13-32-22(19)36(34-20)17-2-1-9-35(11-17)12-28/h3-8,10,13,17H,1-2,9,11H2,(H2,29,31,32)(H,30,33,37)/t17-/m1/s1. The van der Waals surface area contributed by atoms with Gasteiger partial charge in [-0.15, -0.1) is 0 Å². The maximum atomic E-state index is 12.9. The lowest BCUT2D eigenvalue weighted by molar-refractivity contribution is -0.137. The maximum Gasteiger partial charge on any atom is 0.416 e. The number of halogens is 3. The molecule has 1 aliphatic rings. The van der Waals surface area contributed by atoms with E-state index in [0.717, 1.165) is 31.2 Å². The Morgan fingerprint density at radius 3 is 2.68 bits per heavy atom. The van der Waals surface area contributed by atoms with Crippen LogP contribution in [-0.4, -0.2) is 48.6 Å². The quantitative estimate of drug-likeness (QED) is 0.397. The highest BCUT2D eigenvalue weighted by atomic mass is 19.4. The van der Waals surface area contributed by atoms with Gasteiger partial charge in [0.1, 0.15) is 23.7 Å². The molecule has 0 unspecified atom stereocenters. The number of pyridine rings is 1. The Labute approximate surface area is 208 Å². The van der Waals surface area contributed by atoms with Gasteiger partial charge in [-0.2, -0.15) is 23.5 Å². The Kier molecular flexibility index (Phi) is 6.08. The van der Waals surface area contributed by atoms with Crippen LogP contribution >= 0.6 is 0 Å². The van der Waals surface area contributed by atoms with Crippen molar-refractivity contribution in [2.45, 2.75) is 25.1 Å². The summed E-state index contributed by atoms with van der Waals surface area (Å²) in [7, 11) is 0. The van der Waals surface area contributed by atoms with Gasteiger partial charge in [-0.1, -0.05) is 12.1 Å². The number of carbonyl (C=O) groups is 1. The third-order valence-corrected chi connectivity index (χ3v) is 6.15. The number of piperidine rings is 1. The molecule has 1 amide bonds. The van der Waals surface area contributed by atoms with E-state index in [1.165, 1.54) is 18.5 Å². The molecule has 1 fully saturated rings.